The minimum absolute atomic E-state index is 0.297. The zero-order chi connectivity index (χ0) is 11.5. The Morgan fingerprint density at radius 2 is 2.31 bits per heavy atom. The maximum Gasteiger partial charge on any atom is 0.291 e. The third kappa shape index (κ3) is 2.18. The van der Waals surface area contributed by atoms with Crippen molar-refractivity contribution in [2.24, 2.45) is 0 Å². The zero-order valence-electron chi connectivity index (χ0n) is 8.71. The van der Waals surface area contributed by atoms with Gasteiger partial charge in [0.15, 0.2) is 0 Å². The number of hydrogen-bond acceptors (Lipinski definition) is 2. The molecule has 5 heteroatoms. The number of carbonyl (C=O) groups excluding carboxylic acids is 1. The first kappa shape index (κ1) is 11.0. The summed E-state index contributed by atoms with van der Waals surface area (Å²) < 4.78 is 0. The predicted octanol–water partition coefficient (Wildman–Crippen LogP) is 2.50. The molecule has 2 aromatic rings. The number of H-pyrrole nitrogens is 1. The average molecular weight is 239 g/mol. The topological polar surface area (TPSA) is 54.1 Å². The molecule has 1 aromatic carbocycles. The van der Waals surface area contributed by atoms with Crippen LogP contribution in [0.5, 0.6) is 0 Å². The van der Waals surface area contributed by atoms with Gasteiger partial charge in [-0.15, -0.1) is 0 Å². The molecule has 0 spiro atoms. The van der Waals surface area contributed by atoms with Crippen molar-refractivity contribution in [3.05, 3.63) is 35.0 Å². The lowest BCUT2D eigenvalue weighted by Crippen LogP contribution is -2.23. The van der Waals surface area contributed by atoms with Gasteiger partial charge in [0.05, 0.1) is 6.61 Å². The molecule has 0 atom stereocenters. The molecule has 0 aliphatic carbocycles. The summed E-state index contributed by atoms with van der Waals surface area (Å²) >= 11 is 5.85. The second-order valence-electron chi connectivity index (χ2n) is 3.28. The summed E-state index contributed by atoms with van der Waals surface area (Å²) in [7, 11) is 0. The van der Waals surface area contributed by atoms with Crippen molar-refractivity contribution in [2.45, 2.75) is 6.92 Å². The summed E-state index contributed by atoms with van der Waals surface area (Å²) in [5, 5.41) is 1.54. The largest absolute Gasteiger partial charge is 0.350 e. The van der Waals surface area contributed by atoms with Gasteiger partial charge >= 0.3 is 0 Å². The van der Waals surface area contributed by atoms with E-state index in [1.807, 2.05) is 6.07 Å². The minimum atomic E-state index is -0.297. The third-order valence-electron chi connectivity index (χ3n) is 2.14. The van der Waals surface area contributed by atoms with E-state index in [9.17, 15) is 4.79 Å². The van der Waals surface area contributed by atoms with E-state index < -0.39 is 0 Å². The Balaban J connectivity index is 2.28. The van der Waals surface area contributed by atoms with Crippen LogP contribution in [0.15, 0.2) is 24.3 Å². The van der Waals surface area contributed by atoms with Crippen LogP contribution in [0.1, 0.15) is 17.4 Å². The molecule has 0 bridgehead atoms. The molecule has 84 valence electrons. The van der Waals surface area contributed by atoms with E-state index in [1.165, 1.54) is 0 Å². The molecule has 1 amide bonds. The van der Waals surface area contributed by atoms with Crippen LogP contribution < -0.4 is 5.48 Å². The van der Waals surface area contributed by atoms with Gasteiger partial charge < -0.3 is 4.98 Å². The monoisotopic (exact) mass is 238 g/mol. The number of amides is 1. The number of hydrogen-bond donors (Lipinski definition) is 2. The average Bonchev–Trinajstić information content (AvgIpc) is 2.68. The molecule has 0 radical (unpaired) electrons. The molecule has 0 fully saturated rings. The highest BCUT2D eigenvalue weighted by Crippen LogP contribution is 2.19. The van der Waals surface area contributed by atoms with Crippen LogP contribution in [-0.4, -0.2) is 17.5 Å². The lowest BCUT2D eigenvalue weighted by molar-refractivity contribution is 0.0360. The first-order chi connectivity index (χ1) is 7.70. The van der Waals surface area contributed by atoms with E-state index in [2.05, 4.69) is 10.5 Å². The number of fused-ring (bicyclic) bond motifs is 1. The van der Waals surface area contributed by atoms with Gasteiger partial charge in [-0.05, 0) is 31.2 Å². The maximum atomic E-state index is 11.6. The first-order valence-corrected chi connectivity index (χ1v) is 5.29. The molecule has 0 unspecified atom stereocenters. The van der Waals surface area contributed by atoms with E-state index in [0.29, 0.717) is 17.3 Å². The van der Waals surface area contributed by atoms with Crippen molar-refractivity contribution in [1.82, 2.24) is 10.5 Å². The molecule has 1 heterocycles. The molecule has 0 saturated heterocycles. The SMILES string of the molecule is CCONC(=O)c1cc2cc(Cl)ccc2[nH]1. The van der Waals surface area contributed by atoms with Gasteiger partial charge in [0.2, 0.25) is 0 Å². The van der Waals surface area contributed by atoms with Crippen molar-refractivity contribution < 1.29 is 9.63 Å². The zero-order valence-corrected chi connectivity index (χ0v) is 9.47. The lowest BCUT2D eigenvalue weighted by Gasteiger charge is -2.00. The number of benzene rings is 1. The van der Waals surface area contributed by atoms with Crippen molar-refractivity contribution in [2.75, 3.05) is 6.61 Å². The second-order valence-corrected chi connectivity index (χ2v) is 3.72. The van der Waals surface area contributed by atoms with E-state index in [0.717, 1.165) is 10.9 Å². The molecule has 0 aliphatic rings. The van der Waals surface area contributed by atoms with Gasteiger partial charge in [0.25, 0.3) is 5.91 Å². The third-order valence-corrected chi connectivity index (χ3v) is 2.37. The van der Waals surface area contributed by atoms with Crippen molar-refractivity contribution >= 4 is 28.4 Å². The van der Waals surface area contributed by atoms with Crippen LogP contribution in [0, 0.1) is 0 Å². The Morgan fingerprint density at radius 3 is 3.06 bits per heavy atom. The van der Waals surface area contributed by atoms with E-state index in [4.69, 9.17) is 16.4 Å². The normalized spacial score (nSPS) is 10.6. The summed E-state index contributed by atoms with van der Waals surface area (Å²) in [4.78, 5) is 19.4. The molecule has 2 N–H and O–H groups in total. The number of rotatable bonds is 3. The minimum Gasteiger partial charge on any atom is -0.350 e. The van der Waals surface area contributed by atoms with Crippen LogP contribution in [0.2, 0.25) is 5.02 Å². The van der Waals surface area contributed by atoms with Crippen molar-refractivity contribution in [3.63, 3.8) is 0 Å². The highest BCUT2D eigenvalue weighted by molar-refractivity contribution is 6.31. The number of aromatic amines is 1. The van der Waals surface area contributed by atoms with Gasteiger partial charge in [0, 0.05) is 15.9 Å². The summed E-state index contributed by atoms with van der Waals surface area (Å²) in [6, 6.07) is 7.13. The van der Waals surface area contributed by atoms with E-state index in [-0.39, 0.29) is 5.91 Å². The number of aromatic nitrogens is 1. The van der Waals surface area contributed by atoms with Crippen molar-refractivity contribution in [3.8, 4) is 0 Å². The quantitative estimate of drug-likeness (QED) is 0.808. The van der Waals surface area contributed by atoms with Crippen molar-refractivity contribution in [1.29, 1.82) is 0 Å². The highest BCUT2D eigenvalue weighted by Gasteiger charge is 2.09. The van der Waals surface area contributed by atoms with Crippen LogP contribution in [0.25, 0.3) is 10.9 Å². The standard InChI is InChI=1S/C11H11ClN2O2/c1-2-16-14-11(15)10-6-7-5-8(12)3-4-9(7)13-10/h3-6,13H,2H2,1H3,(H,14,15). The summed E-state index contributed by atoms with van der Waals surface area (Å²) in [6.07, 6.45) is 0. The molecule has 0 aliphatic heterocycles. The van der Waals surface area contributed by atoms with Crippen LogP contribution in [-0.2, 0) is 4.84 Å². The Hall–Kier alpha value is -1.52. The molecule has 0 saturated carbocycles. The molecule has 1 aromatic heterocycles. The second kappa shape index (κ2) is 4.55. The highest BCUT2D eigenvalue weighted by atomic mass is 35.5. The fourth-order valence-corrected chi connectivity index (χ4v) is 1.60. The fraction of sp³-hybridized carbons (Fsp3) is 0.182. The Kier molecular flexibility index (Phi) is 3.12. The van der Waals surface area contributed by atoms with E-state index >= 15 is 0 Å². The van der Waals surface area contributed by atoms with Gasteiger partial charge in [-0.1, -0.05) is 11.6 Å². The maximum absolute atomic E-state index is 11.6. The number of hydroxylamine groups is 1. The van der Waals surface area contributed by atoms with E-state index in [1.54, 1.807) is 25.1 Å². The Labute approximate surface area is 97.5 Å². The lowest BCUT2D eigenvalue weighted by atomic mass is 10.2. The molecule has 16 heavy (non-hydrogen) atoms. The first-order valence-electron chi connectivity index (χ1n) is 4.91. The van der Waals surface area contributed by atoms with Gasteiger partial charge in [-0.25, -0.2) is 5.48 Å². The van der Waals surface area contributed by atoms with Crippen LogP contribution in [0.4, 0.5) is 0 Å². The predicted molar refractivity (Wildman–Crippen MR) is 62.4 cm³/mol. The van der Waals surface area contributed by atoms with Gasteiger partial charge in [-0.3, -0.25) is 9.63 Å². The van der Waals surface area contributed by atoms with Crippen LogP contribution in [0.3, 0.4) is 0 Å². The van der Waals surface area contributed by atoms with Crippen LogP contribution >= 0.6 is 11.6 Å². The summed E-state index contributed by atoms with van der Waals surface area (Å²) in [6.45, 7) is 2.23. The molecular formula is C11H11ClN2O2. The number of halogens is 1. The molecule has 2 rings (SSSR count). The molecule has 4 nitrogen and oxygen atoms in total. The Morgan fingerprint density at radius 1 is 1.50 bits per heavy atom. The summed E-state index contributed by atoms with van der Waals surface area (Å²) in [5.74, 6) is -0.297. The summed E-state index contributed by atoms with van der Waals surface area (Å²) in [5.41, 5.74) is 3.64. The van der Waals surface area contributed by atoms with Gasteiger partial charge in [-0.2, -0.15) is 0 Å². The molecular weight excluding hydrogens is 228 g/mol. The Bertz CT molecular complexity index is 522. The number of nitrogens with one attached hydrogen (secondary N) is 2. The smallest absolute Gasteiger partial charge is 0.291 e. The fourth-order valence-electron chi connectivity index (χ4n) is 1.42. The number of carbonyl (C=O) groups is 1. The van der Waals surface area contributed by atoms with Gasteiger partial charge in [0.1, 0.15) is 5.69 Å².